The van der Waals surface area contributed by atoms with Gasteiger partial charge in [0.25, 0.3) is 0 Å². The number of anilines is 2. The first-order chi connectivity index (χ1) is 19.7. The molecule has 2 aliphatic heterocycles. The fourth-order valence-corrected chi connectivity index (χ4v) is 4.90. The number of carbonyl (C=O) groups is 4. The summed E-state index contributed by atoms with van der Waals surface area (Å²) in [6.07, 6.45) is 0.723. The lowest BCUT2D eigenvalue weighted by Crippen LogP contribution is -2.49. The van der Waals surface area contributed by atoms with E-state index >= 15 is 0 Å². The number of piperidine rings is 1. The van der Waals surface area contributed by atoms with E-state index in [0.717, 1.165) is 24.5 Å². The van der Waals surface area contributed by atoms with Crippen LogP contribution in [0.15, 0.2) is 53.5 Å². The summed E-state index contributed by atoms with van der Waals surface area (Å²) in [5.74, 6) is -0.445. The van der Waals surface area contributed by atoms with Crippen LogP contribution < -0.4 is 16.0 Å². The minimum absolute atomic E-state index is 0.246. The standard InChI is InChI=1S/C29H35ClN6O5/c1-3-41-28(39)20-12-15-36(16-13-20)25(37)18-24(34-29(40)33-23-10-6-21(30)7-11-23)27(38)32-22-8-4-19(5-9-22)26-31-14-17-35(26)2/h4-11,20,24H,3,12-18H2,1-2H3,(H,32,38)(H2,33,34,40). The first kappa shape index (κ1) is 29.9. The third kappa shape index (κ3) is 8.20. The topological polar surface area (TPSA) is 132 Å². The molecule has 12 heteroatoms. The third-order valence-corrected chi connectivity index (χ3v) is 7.29. The van der Waals surface area contributed by atoms with Gasteiger partial charge in [-0.3, -0.25) is 19.4 Å². The van der Waals surface area contributed by atoms with Crippen molar-refractivity contribution in [2.24, 2.45) is 10.9 Å². The first-order valence-corrected chi connectivity index (χ1v) is 14.1. The number of aliphatic imine (C=N–C) groups is 1. The molecule has 1 fully saturated rings. The molecule has 11 nitrogen and oxygen atoms in total. The molecule has 0 aliphatic carbocycles. The Labute approximate surface area is 244 Å². The maximum atomic E-state index is 13.3. The number of likely N-dealkylation sites (tertiary alicyclic amines) is 1. The largest absolute Gasteiger partial charge is 0.466 e. The van der Waals surface area contributed by atoms with Crippen LogP contribution in [0.25, 0.3) is 0 Å². The smallest absolute Gasteiger partial charge is 0.319 e. The van der Waals surface area contributed by atoms with Gasteiger partial charge in [-0.25, -0.2) is 4.79 Å². The summed E-state index contributed by atoms with van der Waals surface area (Å²) in [6.45, 7) is 4.40. The second-order valence-electron chi connectivity index (χ2n) is 9.96. The fraction of sp³-hybridized carbons (Fsp3) is 0.414. The lowest BCUT2D eigenvalue weighted by atomic mass is 9.96. The molecule has 2 aromatic rings. The minimum Gasteiger partial charge on any atom is -0.466 e. The number of nitrogens with zero attached hydrogens (tertiary/aromatic N) is 3. The van der Waals surface area contributed by atoms with Crippen molar-refractivity contribution in [2.75, 3.05) is 50.5 Å². The lowest BCUT2D eigenvalue weighted by molar-refractivity contribution is -0.151. The van der Waals surface area contributed by atoms with Gasteiger partial charge in [0.1, 0.15) is 11.9 Å². The summed E-state index contributed by atoms with van der Waals surface area (Å²) in [5, 5.41) is 8.62. The van der Waals surface area contributed by atoms with E-state index in [0.29, 0.717) is 48.9 Å². The molecule has 0 bridgehead atoms. The molecule has 0 spiro atoms. The Bertz CT molecular complexity index is 1280. The molecule has 0 radical (unpaired) electrons. The number of esters is 1. The SMILES string of the molecule is CCOC(=O)C1CCN(C(=O)CC(NC(=O)Nc2ccc(Cl)cc2)C(=O)Nc2ccc(C3=NCCN3C)cc2)CC1. The van der Waals surface area contributed by atoms with Crippen LogP contribution in [0.2, 0.25) is 5.02 Å². The highest BCUT2D eigenvalue weighted by atomic mass is 35.5. The molecule has 4 amide bonds. The van der Waals surface area contributed by atoms with Gasteiger partial charge < -0.3 is 30.5 Å². The lowest BCUT2D eigenvalue weighted by Gasteiger charge is -2.32. The summed E-state index contributed by atoms with van der Waals surface area (Å²) in [4.78, 5) is 59.6. The number of amidine groups is 1. The van der Waals surface area contributed by atoms with E-state index < -0.39 is 18.0 Å². The van der Waals surface area contributed by atoms with Crippen molar-refractivity contribution in [1.29, 1.82) is 0 Å². The van der Waals surface area contributed by atoms with Crippen molar-refractivity contribution in [3.8, 4) is 0 Å². The van der Waals surface area contributed by atoms with Crippen molar-refractivity contribution in [3.63, 3.8) is 0 Å². The number of benzene rings is 2. The second kappa shape index (κ2) is 14.0. The number of carbonyl (C=O) groups excluding carboxylic acids is 4. The number of likely N-dealkylation sites (N-methyl/N-ethyl adjacent to an activating group) is 1. The number of hydrogen-bond donors (Lipinski definition) is 3. The van der Waals surface area contributed by atoms with Crippen LogP contribution in [0.1, 0.15) is 31.7 Å². The predicted molar refractivity (Wildman–Crippen MR) is 157 cm³/mol. The van der Waals surface area contributed by atoms with Crippen LogP contribution in [-0.2, 0) is 19.1 Å². The van der Waals surface area contributed by atoms with E-state index in [2.05, 4.69) is 25.8 Å². The van der Waals surface area contributed by atoms with Gasteiger partial charge >= 0.3 is 12.0 Å². The molecule has 41 heavy (non-hydrogen) atoms. The fourth-order valence-electron chi connectivity index (χ4n) is 4.77. The Morgan fingerprint density at radius 2 is 1.61 bits per heavy atom. The van der Waals surface area contributed by atoms with Gasteiger partial charge in [-0.05, 0) is 68.3 Å². The summed E-state index contributed by atoms with van der Waals surface area (Å²) in [7, 11) is 1.98. The molecule has 4 rings (SSSR count). The van der Waals surface area contributed by atoms with Crippen molar-refractivity contribution >= 4 is 52.6 Å². The van der Waals surface area contributed by atoms with Gasteiger partial charge in [-0.1, -0.05) is 11.6 Å². The highest BCUT2D eigenvalue weighted by Gasteiger charge is 2.31. The van der Waals surface area contributed by atoms with Gasteiger partial charge in [0.05, 0.1) is 25.5 Å². The van der Waals surface area contributed by atoms with Crippen LogP contribution in [0.3, 0.4) is 0 Å². The molecule has 2 heterocycles. The van der Waals surface area contributed by atoms with Gasteiger partial charge in [0, 0.05) is 48.6 Å². The van der Waals surface area contributed by atoms with E-state index in [1.54, 1.807) is 48.2 Å². The maximum Gasteiger partial charge on any atom is 0.319 e. The molecular formula is C29H35ClN6O5. The van der Waals surface area contributed by atoms with Crippen molar-refractivity contribution in [3.05, 3.63) is 59.1 Å². The molecule has 1 saturated heterocycles. The zero-order valence-corrected chi connectivity index (χ0v) is 23.9. The maximum absolute atomic E-state index is 13.3. The Hall–Kier alpha value is -4.12. The molecule has 1 unspecified atom stereocenters. The molecule has 2 aromatic carbocycles. The highest BCUT2D eigenvalue weighted by molar-refractivity contribution is 6.30. The Kier molecular flexibility index (Phi) is 10.2. The Balaban J connectivity index is 1.41. The highest BCUT2D eigenvalue weighted by Crippen LogP contribution is 2.20. The summed E-state index contributed by atoms with van der Waals surface area (Å²) >= 11 is 5.92. The van der Waals surface area contributed by atoms with Crippen LogP contribution in [0, 0.1) is 5.92 Å². The predicted octanol–water partition coefficient (Wildman–Crippen LogP) is 3.35. The Morgan fingerprint density at radius 3 is 2.22 bits per heavy atom. The summed E-state index contributed by atoms with van der Waals surface area (Å²) < 4.78 is 5.10. The molecule has 2 aliphatic rings. The first-order valence-electron chi connectivity index (χ1n) is 13.7. The van der Waals surface area contributed by atoms with Gasteiger partial charge in [-0.2, -0.15) is 0 Å². The molecular weight excluding hydrogens is 548 g/mol. The van der Waals surface area contributed by atoms with Crippen LogP contribution >= 0.6 is 11.6 Å². The van der Waals surface area contributed by atoms with E-state index in [1.807, 2.05) is 19.2 Å². The molecule has 218 valence electrons. The number of halogens is 1. The van der Waals surface area contributed by atoms with Gasteiger partial charge in [0.2, 0.25) is 11.8 Å². The average molecular weight is 583 g/mol. The van der Waals surface area contributed by atoms with Crippen molar-refractivity contribution < 1.29 is 23.9 Å². The monoisotopic (exact) mass is 582 g/mol. The van der Waals surface area contributed by atoms with Gasteiger partial charge in [0.15, 0.2) is 0 Å². The number of nitrogens with one attached hydrogen (secondary N) is 3. The number of urea groups is 1. The van der Waals surface area contributed by atoms with E-state index in [4.69, 9.17) is 16.3 Å². The summed E-state index contributed by atoms with van der Waals surface area (Å²) in [5.41, 5.74) is 1.93. The second-order valence-corrected chi connectivity index (χ2v) is 10.4. The zero-order chi connectivity index (χ0) is 29.4. The molecule has 1 atom stereocenters. The molecule has 0 saturated carbocycles. The summed E-state index contributed by atoms with van der Waals surface area (Å²) in [6, 6.07) is 12.0. The van der Waals surface area contributed by atoms with E-state index in [-0.39, 0.29) is 24.2 Å². The van der Waals surface area contributed by atoms with Crippen LogP contribution in [0.5, 0.6) is 0 Å². The molecule has 0 aromatic heterocycles. The van der Waals surface area contributed by atoms with E-state index in [9.17, 15) is 19.2 Å². The average Bonchev–Trinajstić information content (AvgIpc) is 3.40. The number of ether oxygens (including phenoxy) is 1. The van der Waals surface area contributed by atoms with Crippen molar-refractivity contribution in [2.45, 2.75) is 32.2 Å². The third-order valence-electron chi connectivity index (χ3n) is 7.04. The number of hydrogen-bond acceptors (Lipinski definition) is 7. The normalized spacial score (nSPS) is 16.0. The van der Waals surface area contributed by atoms with Gasteiger partial charge in [-0.15, -0.1) is 0 Å². The zero-order valence-electron chi connectivity index (χ0n) is 23.2. The molecule has 3 N–H and O–H groups in total. The Morgan fingerprint density at radius 1 is 0.976 bits per heavy atom. The van der Waals surface area contributed by atoms with Crippen LogP contribution in [-0.4, -0.2) is 85.3 Å². The quantitative estimate of drug-likeness (QED) is 0.389. The van der Waals surface area contributed by atoms with E-state index in [1.165, 1.54) is 0 Å². The minimum atomic E-state index is -1.15. The van der Waals surface area contributed by atoms with Crippen LogP contribution in [0.4, 0.5) is 16.2 Å². The number of rotatable bonds is 9. The van der Waals surface area contributed by atoms with Crippen molar-refractivity contribution in [1.82, 2.24) is 15.1 Å². The number of amides is 4.